The maximum Gasteiger partial charge on any atom is 0.408 e. The van der Waals surface area contributed by atoms with E-state index in [0.717, 1.165) is 22.3 Å². The molecule has 3 aliphatic rings. The van der Waals surface area contributed by atoms with Gasteiger partial charge in [-0.05, 0) is 35.1 Å². The van der Waals surface area contributed by atoms with Crippen molar-refractivity contribution >= 4 is 18.0 Å². The average Bonchev–Trinajstić information content (AvgIpc) is 3.28. The summed E-state index contributed by atoms with van der Waals surface area (Å²) in [6.07, 6.45) is 0.361. The molecule has 2 aromatic carbocycles. The van der Waals surface area contributed by atoms with E-state index in [4.69, 9.17) is 9.47 Å². The molecule has 5 rings (SSSR count). The summed E-state index contributed by atoms with van der Waals surface area (Å²) in [4.78, 5) is 37.1. The first-order chi connectivity index (χ1) is 15.4. The van der Waals surface area contributed by atoms with E-state index in [2.05, 4.69) is 22.8 Å². The van der Waals surface area contributed by atoms with Crippen molar-refractivity contribution in [2.24, 2.45) is 0 Å². The zero-order valence-electron chi connectivity index (χ0n) is 17.4. The number of fused-ring (bicyclic) bond motifs is 3. The Bertz CT molecular complexity index is 1040. The lowest BCUT2D eigenvalue weighted by molar-refractivity contribution is -0.148. The third-order valence-corrected chi connectivity index (χ3v) is 6.65. The summed E-state index contributed by atoms with van der Waals surface area (Å²) < 4.78 is 10.7. The van der Waals surface area contributed by atoms with E-state index in [1.54, 1.807) is 0 Å². The van der Waals surface area contributed by atoms with Crippen LogP contribution in [0.5, 0.6) is 0 Å². The molecule has 1 unspecified atom stereocenters. The van der Waals surface area contributed by atoms with Crippen molar-refractivity contribution in [1.82, 2.24) is 10.6 Å². The van der Waals surface area contributed by atoms with E-state index in [-0.39, 0.29) is 32.2 Å². The van der Waals surface area contributed by atoms with Crippen molar-refractivity contribution in [2.45, 2.75) is 36.3 Å². The number of ether oxygens (including phenoxy) is 2. The summed E-state index contributed by atoms with van der Waals surface area (Å²) in [6, 6.07) is 16.1. The summed E-state index contributed by atoms with van der Waals surface area (Å²) in [6.45, 7) is 0.318. The molecule has 1 heterocycles. The van der Waals surface area contributed by atoms with Crippen LogP contribution < -0.4 is 10.6 Å². The molecule has 2 aromatic rings. The van der Waals surface area contributed by atoms with Gasteiger partial charge in [0.05, 0.1) is 6.61 Å². The number of benzene rings is 2. The SMILES string of the molecule is O=C(NC1(C(=O)NC2(C(=O)O)CCOC2)CC1)OCC1c2ccccc2-c2ccccc21. The maximum absolute atomic E-state index is 12.8. The van der Waals surface area contributed by atoms with Crippen molar-refractivity contribution in [1.29, 1.82) is 0 Å². The fourth-order valence-electron chi connectivity index (χ4n) is 4.59. The number of aliphatic carboxylic acids is 1. The Labute approximate surface area is 184 Å². The number of alkyl carbamates (subject to hydrolysis) is 1. The molecule has 0 aromatic heterocycles. The van der Waals surface area contributed by atoms with Gasteiger partial charge in [0.2, 0.25) is 5.91 Å². The van der Waals surface area contributed by atoms with E-state index in [1.165, 1.54) is 0 Å². The molecule has 0 bridgehead atoms. The topological polar surface area (TPSA) is 114 Å². The van der Waals surface area contributed by atoms with Crippen molar-refractivity contribution in [3.05, 3.63) is 59.7 Å². The van der Waals surface area contributed by atoms with Crippen LogP contribution in [0.2, 0.25) is 0 Å². The molecule has 166 valence electrons. The van der Waals surface area contributed by atoms with Crippen LogP contribution in [0.1, 0.15) is 36.3 Å². The summed E-state index contributed by atoms with van der Waals surface area (Å²) in [5.74, 6) is -1.73. The van der Waals surface area contributed by atoms with Crippen LogP contribution in [-0.4, -0.2) is 54.0 Å². The molecule has 0 radical (unpaired) electrons. The minimum absolute atomic E-state index is 0.0805. The Balaban J connectivity index is 1.24. The summed E-state index contributed by atoms with van der Waals surface area (Å²) in [5, 5.41) is 14.8. The van der Waals surface area contributed by atoms with Gasteiger partial charge in [0.15, 0.2) is 5.54 Å². The summed E-state index contributed by atoms with van der Waals surface area (Å²) in [5.41, 5.74) is 1.89. The van der Waals surface area contributed by atoms with Gasteiger partial charge in [0.1, 0.15) is 12.1 Å². The molecular formula is C24H24N2O6. The van der Waals surface area contributed by atoms with Crippen LogP contribution >= 0.6 is 0 Å². The fraction of sp³-hybridized carbons (Fsp3) is 0.375. The van der Waals surface area contributed by atoms with Gasteiger partial charge < -0.3 is 25.2 Å². The third-order valence-electron chi connectivity index (χ3n) is 6.65. The van der Waals surface area contributed by atoms with E-state index in [0.29, 0.717) is 12.8 Å². The lowest BCUT2D eigenvalue weighted by atomic mass is 9.98. The Hall–Kier alpha value is -3.39. The Kier molecular flexibility index (Phi) is 4.89. The molecule has 2 amide bonds. The molecular weight excluding hydrogens is 412 g/mol. The average molecular weight is 436 g/mol. The van der Waals surface area contributed by atoms with Crippen molar-refractivity contribution < 1.29 is 29.0 Å². The number of amides is 2. The molecule has 8 nitrogen and oxygen atoms in total. The first kappa shape index (κ1) is 20.5. The second-order valence-corrected chi connectivity index (χ2v) is 8.68. The molecule has 2 fully saturated rings. The van der Waals surface area contributed by atoms with Crippen molar-refractivity contribution in [2.75, 3.05) is 19.8 Å². The van der Waals surface area contributed by atoms with E-state index in [1.807, 2.05) is 36.4 Å². The van der Waals surface area contributed by atoms with Crippen LogP contribution in [-0.2, 0) is 19.1 Å². The van der Waals surface area contributed by atoms with E-state index < -0.39 is 29.0 Å². The second kappa shape index (κ2) is 7.63. The number of carboxylic acids is 1. The summed E-state index contributed by atoms with van der Waals surface area (Å²) in [7, 11) is 0. The molecule has 1 saturated heterocycles. The molecule has 1 saturated carbocycles. The van der Waals surface area contributed by atoms with E-state index in [9.17, 15) is 19.5 Å². The number of hydrogen-bond donors (Lipinski definition) is 3. The predicted molar refractivity (Wildman–Crippen MR) is 114 cm³/mol. The molecule has 2 aliphatic carbocycles. The maximum atomic E-state index is 12.8. The van der Waals surface area contributed by atoms with Crippen LogP contribution in [0.4, 0.5) is 4.79 Å². The third kappa shape index (κ3) is 3.40. The number of hydrogen-bond acceptors (Lipinski definition) is 5. The summed E-state index contributed by atoms with van der Waals surface area (Å²) >= 11 is 0. The smallest absolute Gasteiger partial charge is 0.408 e. The van der Waals surface area contributed by atoms with Crippen LogP contribution in [0.25, 0.3) is 11.1 Å². The molecule has 1 atom stereocenters. The number of carbonyl (C=O) groups excluding carboxylic acids is 2. The number of nitrogens with one attached hydrogen (secondary N) is 2. The van der Waals surface area contributed by atoms with Gasteiger partial charge in [-0.25, -0.2) is 9.59 Å². The fourth-order valence-corrected chi connectivity index (χ4v) is 4.59. The Morgan fingerprint density at radius 1 is 0.938 bits per heavy atom. The quantitative estimate of drug-likeness (QED) is 0.641. The highest BCUT2D eigenvalue weighted by Crippen LogP contribution is 2.44. The number of carbonyl (C=O) groups is 3. The number of rotatable bonds is 6. The van der Waals surface area contributed by atoms with Crippen molar-refractivity contribution in [3.63, 3.8) is 0 Å². The van der Waals surface area contributed by atoms with Gasteiger partial charge in [-0.2, -0.15) is 0 Å². The van der Waals surface area contributed by atoms with E-state index >= 15 is 0 Å². The van der Waals surface area contributed by atoms with Gasteiger partial charge in [-0.1, -0.05) is 48.5 Å². The highest BCUT2D eigenvalue weighted by atomic mass is 16.5. The van der Waals surface area contributed by atoms with Gasteiger partial charge in [-0.15, -0.1) is 0 Å². The standard InChI is InChI=1S/C24H24N2O6/c27-20(25-24(21(28)29)11-12-31-14-24)23(9-10-23)26-22(30)32-13-19-17-7-3-1-5-15(17)16-6-2-4-8-18(16)19/h1-8,19H,9-14H2,(H,25,27)(H,26,30)(H,28,29). The zero-order chi connectivity index (χ0) is 22.3. The predicted octanol–water partition coefficient (Wildman–Crippen LogP) is 2.42. The molecule has 8 heteroatoms. The first-order valence-corrected chi connectivity index (χ1v) is 10.7. The monoisotopic (exact) mass is 436 g/mol. The minimum atomic E-state index is -1.45. The second-order valence-electron chi connectivity index (χ2n) is 8.68. The van der Waals surface area contributed by atoms with Gasteiger partial charge >= 0.3 is 12.1 Å². The number of carboxylic acid groups (broad SMARTS) is 1. The molecule has 3 N–H and O–H groups in total. The van der Waals surface area contributed by atoms with Crippen LogP contribution in [0.15, 0.2) is 48.5 Å². The van der Waals surface area contributed by atoms with Crippen molar-refractivity contribution in [3.8, 4) is 11.1 Å². The highest BCUT2D eigenvalue weighted by Gasteiger charge is 2.55. The molecule has 0 spiro atoms. The van der Waals surface area contributed by atoms with Gasteiger partial charge in [0.25, 0.3) is 0 Å². The van der Waals surface area contributed by atoms with Crippen LogP contribution in [0, 0.1) is 0 Å². The zero-order valence-corrected chi connectivity index (χ0v) is 17.4. The first-order valence-electron chi connectivity index (χ1n) is 10.7. The Morgan fingerprint density at radius 2 is 1.56 bits per heavy atom. The largest absolute Gasteiger partial charge is 0.479 e. The van der Waals surface area contributed by atoms with Crippen LogP contribution in [0.3, 0.4) is 0 Å². The van der Waals surface area contributed by atoms with Gasteiger partial charge in [-0.3, -0.25) is 4.79 Å². The lowest BCUT2D eigenvalue weighted by Crippen LogP contribution is -2.61. The minimum Gasteiger partial charge on any atom is -0.479 e. The molecule has 32 heavy (non-hydrogen) atoms. The lowest BCUT2D eigenvalue weighted by Gasteiger charge is -2.27. The normalized spacial score (nSPS) is 22.5. The Morgan fingerprint density at radius 3 is 2.09 bits per heavy atom. The highest BCUT2D eigenvalue weighted by molar-refractivity contribution is 5.96. The molecule has 1 aliphatic heterocycles. The van der Waals surface area contributed by atoms with Gasteiger partial charge in [0, 0.05) is 18.9 Å².